The van der Waals surface area contributed by atoms with Crippen molar-refractivity contribution in [2.24, 2.45) is 5.92 Å². The first-order valence-electron chi connectivity index (χ1n) is 10.2. The van der Waals surface area contributed by atoms with Crippen LogP contribution in [-0.4, -0.2) is 58.4 Å². The molecule has 0 aromatic heterocycles. The Morgan fingerprint density at radius 2 is 1.81 bits per heavy atom. The van der Waals surface area contributed by atoms with Crippen LogP contribution in [0.4, 0.5) is 11.4 Å². The topological polar surface area (TPSA) is 105 Å². The first kappa shape index (κ1) is 22.1. The highest BCUT2D eigenvalue weighted by molar-refractivity contribution is 7.89. The lowest BCUT2D eigenvalue weighted by Gasteiger charge is -2.22. The van der Waals surface area contributed by atoms with Crippen LogP contribution in [-0.2, 0) is 19.6 Å². The van der Waals surface area contributed by atoms with Crippen LogP contribution in [0.3, 0.4) is 0 Å². The molecule has 1 fully saturated rings. The van der Waals surface area contributed by atoms with Gasteiger partial charge in [0.2, 0.25) is 21.8 Å². The van der Waals surface area contributed by atoms with E-state index in [-0.39, 0.29) is 29.7 Å². The molecule has 1 saturated heterocycles. The molecule has 2 aliphatic rings. The highest BCUT2D eigenvalue weighted by atomic mass is 32.2. The van der Waals surface area contributed by atoms with E-state index in [4.69, 9.17) is 9.47 Å². The average Bonchev–Trinajstić information content (AvgIpc) is 3.16. The molecule has 0 saturated carbocycles. The normalized spacial score (nSPS) is 18.2. The standard InChI is InChI=1S/C22H25N3O6S/c1-14-4-5-16(11-20(14)32(28,29)24(2)3)23-22(27)15-10-21(26)25(13-15)17-6-7-18-19(12-17)31-9-8-30-18/h4-7,11-12,15H,8-10,13H2,1-3H3,(H,23,27)/t15-/m0/s1. The number of carbonyl (C=O) groups is 2. The van der Waals surface area contributed by atoms with Crippen LogP contribution in [0.25, 0.3) is 0 Å². The van der Waals surface area contributed by atoms with Crippen LogP contribution in [0.2, 0.25) is 0 Å². The van der Waals surface area contributed by atoms with Crippen molar-refractivity contribution in [2.45, 2.75) is 18.2 Å². The summed E-state index contributed by atoms with van der Waals surface area (Å²) in [6, 6.07) is 10.0. The fourth-order valence-corrected chi connectivity index (χ4v) is 4.87. The Balaban J connectivity index is 1.49. The maximum absolute atomic E-state index is 12.9. The summed E-state index contributed by atoms with van der Waals surface area (Å²) in [6.07, 6.45) is 0.0645. The Labute approximate surface area is 187 Å². The lowest BCUT2D eigenvalue weighted by molar-refractivity contribution is -0.122. The minimum Gasteiger partial charge on any atom is -0.486 e. The number of hydrogen-bond acceptors (Lipinski definition) is 6. The largest absolute Gasteiger partial charge is 0.486 e. The molecule has 2 aromatic carbocycles. The van der Waals surface area contributed by atoms with Crippen molar-refractivity contribution in [1.29, 1.82) is 0 Å². The van der Waals surface area contributed by atoms with E-state index >= 15 is 0 Å². The number of nitrogens with one attached hydrogen (secondary N) is 1. The molecule has 0 unspecified atom stereocenters. The van der Waals surface area contributed by atoms with Gasteiger partial charge in [-0.05, 0) is 36.8 Å². The molecule has 1 N–H and O–H groups in total. The maximum Gasteiger partial charge on any atom is 0.242 e. The number of aryl methyl sites for hydroxylation is 1. The van der Waals surface area contributed by atoms with E-state index in [9.17, 15) is 18.0 Å². The molecule has 9 nitrogen and oxygen atoms in total. The second kappa shape index (κ2) is 8.44. The Morgan fingerprint density at radius 3 is 2.53 bits per heavy atom. The van der Waals surface area contributed by atoms with Gasteiger partial charge in [0.1, 0.15) is 13.2 Å². The lowest BCUT2D eigenvalue weighted by Crippen LogP contribution is -2.28. The third-order valence-corrected chi connectivity index (χ3v) is 7.50. The summed E-state index contributed by atoms with van der Waals surface area (Å²) in [5, 5.41) is 2.76. The van der Waals surface area contributed by atoms with Gasteiger partial charge in [0, 0.05) is 44.5 Å². The van der Waals surface area contributed by atoms with Crippen LogP contribution in [0.5, 0.6) is 11.5 Å². The number of carbonyl (C=O) groups excluding carboxylic acids is 2. The number of anilines is 2. The summed E-state index contributed by atoms with van der Waals surface area (Å²) < 4.78 is 37.3. The Kier molecular flexibility index (Phi) is 5.83. The zero-order valence-corrected chi connectivity index (χ0v) is 18.9. The molecular weight excluding hydrogens is 434 g/mol. The van der Waals surface area contributed by atoms with Crippen molar-refractivity contribution < 1.29 is 27.5 Å². The lowest BCUT2D eigenvalue weighted by atomic mass is 10.1. The molecule has 2 heterocycles. The van der Waals surface area contributed by atoms with Crippen LogP contribution in [0.15, 0.2) is 41.3 Å². The van der Waals surface area contributed by atoms with E-state index < -0.39 is 15.9 Å². The highest BCUT2D eigenvalue weighted by Gasteiger charge is 2.36. The van der Waals surface area contributed by atoms with E-state index in [2.05, 4.69) is 5.32 Å². The van der Waals surface area contributed by atoms with Crippen molar-refractivity contribution in [3.8, 4) is 11.5 Å². The van der Waals surface area contributed by atoms with Gasteiger partial charge in [-0.3, -0.25) is 9.59 Å². The van der Waals surface area contributed by atoms with Gasteiger partial charge in [-0.25, -0.2) is 12.7 Å². The number of fused-ring (bicyclic) bond motifs is 1. The molecular formula is C22H25N3O6S. The van der Waals surface area contributed by atoms with Gasteiger partial charge < -0.3 is 19.7 Å². The molecule has 0 aliphatic carbocycles. The number of benzene rings is 2. The van der Waals surface area contributed by atoms with E-state index in [0.29, 0.717) is 41.7 Å². The summed E-state index contributed by atoms with van der Waals surface area (Å²) in [4.78, 5) is 27.1. The molecule has 1 atom stereocenters. The number of nitrogens with zero attached hydrogens (tertiary/aromatic N) is 2. The van der Waals surface area contributed by atoms with Crippen LogP contribution in [0.1, 0.15) is 12.0 Å². The monoisotopic (exact) mass is 459 g/mol. The van der Waals surface area contributed by atoms with Crippen LogP contribution < -0.4 is 19.7 Å². The summed E-state index contributed by atoms with van der Waals surface area (Å²) in [5.74, 6) is 0.135. The van der Waals surface area contributed by atoms with Gasteiger partial charge in [0.25, 0.3) is 0 Å². The fraction of sp³-hybridized carbons (Fsp3) is 0.364. The Morgan fingerprint density at radius 1 is 1.09 bits per heavy atom. The minimum absolute atomic E-state index is 0.0645. The first-order chi connectivity index (χ1) is 15.2. The molecule has 10 heteroatoms. The molecule has 2 aromatic rings. The van der Waals surface area contributed by atoms with Gasteiger partial charge in [0.05, 0.1) is 10.8 Å². The van der Waals surface area contributed by atoms with Crippen molar-refractivity contribution in [2.75, 3.05) is 44.1 Å². The van der Waals surface area contributed by atoms with Gasteiger partial charge >= 0.3 is 0 Å². The molecule has 2 aliphatic heterocycles. The van der Waals surface area contributed by atoms with Crippen molar-refractivity contribution >= 4 is 33.2 Å². The number of hydrogen-bond donors (Lipinski definition) is 1. The minimum atomic E-state index is -3.65. The van der Waals surface area contributed by atoms with Gasteiger partial charge in [-0.1, -0.05) is 6.07 Å². The van der Waals surface area contributed by atoms with Crippen molar-refractivity contribution in [1.82, 2.24) is 4.31 Å². The Bertz CT molecular complexity index is 1180. The van der Waals surface area contributed by atoms with Crippen molar-refractivity contribution in [3.05, 3.63) is 42.0 Å². The molecule has 170 valence electrons. The maximum atomic E-state index is 12.9. The van der Waals surface area contributed by atoms with Crippen LogP contribution in [0, 0.1) is 12.8 Å². The second-order valence-electron chi connectivity index (χ2n) is 7.99. The third-order valence-electron chi connectivity index (χ3n) is 5.55. The van der Waals surface area contributed by atoms with E-state index in [1.807, 2.05) is 0 Å². The number of amides is 2. The van der Waals surface area contributed by atoms with Gasteiger partial charge in [-0.2, -0.15) is 0 Å². The first-order valence-corrected chi connectivity index (χ1v) is 11.6. The second-order valence-corrected chi connectivity index (χ2v) is 10.1. The van der Waals surface area contributed by atoms with Gasteiger partial charge in [0.15, 0.2) is 11.5 Å². The van der Waals surface area contributed by atoms with E-state index in [1.165, 1.54) is 20.2 Å². The predicted molar refractivity (Wildman–Crippen MR) is 119 cm³/mol. The molecule has 0 spiro atoms. The number of sulfonamides is 1. The van der Waals surface area contributed by atoms with Crippen molar-refractivity contribution in [3.63, 3.8) is 0 Å². The smallest absolute Gasteiger partial charge is 0.242 e. The molecule has 0 bridgehead atoms. The predicted octanol–water partition coefficient (Wildman–Crippen LogP) is 2.01. The average molecular weight is 460 g/mol. The van der Waals surface area contributed by atoms with E-state index in [1.54, 1.807) is 42.2 Å². The number of rotatable bonds is 5. The summed E-state index contributed by atoms with van der Waals surface area (Å²) in [6.45, 7) is 2.84. The SMILES string of the molecule is Cc1ccc(NC(=O)[C@H]2CC(=O)N(c3ccc4c(c3)OCCO4)C2)cc1S(=O)(=O)N(C)C. The van der Waals surface area contributed by atoms with Crippen LogP contribution >= 0.6 is 0 Å². The summed E-state index contributed by atoms with van der Waals surface area (Å²) >= 11 is 0. The Hall–Kier alpha value is -3.11. The molecule has 0 radical (unpaired) electrons. The highest BCUT2D eigenvalue weighted by Crippen LogP contribution is 2.36. The van der Waals surface area contributed by atoms with Gasteiger partial charge in [-0.15, -0.1) is 0 Å². The third kappa shape index (κ3) is 4.15. The summed E-state index contributed by atoms with van der Waals surface area (Å²) in [5.41, 5.74) is 1.59. The molecule has 2 amide bonds. The fourth-order valence-electron chi connectivity index (χ4n) is 3.73. The number of ether oxygens (including phenoxy) is 2. The summed E-state index contributed by atoms with van der Waals surface area (Å²) in [7, 11) is -0.739. The molecule has 32 heavy (non-hydrogen) atoms. The molecule has 4 rings (SSSR count). The zero-order valence-electron chi connectivity index (χ0n) is 18.1. The zero-order chi connectivity index (χ0) is 23.0. The quantitative estimate of drug-likeness (QED) is 0.733. The van der Waals surface area contributed by atoms with E-state index in [0.717, 1.165) is 4.31 Å².